The van der Waals surface area contributed by atoms with E-state index in [0.717, 1.165) is 50.7 Å². The molecule has 1 rings (SSSR count). The quantitative estimate of drug-likeness (QED) is 0.127. The molecule has 0 unspecified atom stereocenters. The zero-order valence-corrected chi connectivity index (χ0v) is 23.1. The zero-order valence-electron chi connectivity index (χ0n) is 23.1. The van der Waals surface area contributed by atoms with Gasteiger partial charge in [0.05, 0.1) is 11.1 Å². The van der Waals surface area contributed by atoms with Gasteiger partial charge >= 0.3 is 6.18 Å². The zero-order chi connectivity index (χ0) is 29.5. The van der Waals surface area contributed by atoms with Crippen molar-refractivity contribution < 1.29 is 27.9 Å². The Bertz CT molecular complexity index is 1070. The number of phenolic OH excluding ortho intramolecular Hbond substituents is 1. The van der Waals surface area contributed by atoms with Crippen LogP contribution in [0.3, 0.4) is 0 Å². The Morgan fingerprint density at radius 2 is 1.23 bits per heavy atom. The van der Waals surface area contributed by atoms with Gasteiger partial charge in [0.2, 0.25) is 5.91 Å². The predicted molar refractivity (Wildman–Crippen MR) is 156 cm³/mol. The first-order valence-electron chi connectivity index (χ1n) is 13.6. The predicted octanol–water partition coefficient (Wildman–Crippen LogP) is 7.73. The number of halogens is 3. The van der Waals surface area contributed by atoms with E-state index in [-0.39, 0.29) is 24.6 Å². The second-order valence-electron chi connectivity index (χ2n) is 8.79. The molecule has 8 heteroatoms. The minimum Gasteiger partial charge on any atom is -0.507 e. The smallest absolute Gasteiger partial charge is 0.416 e. The molecule has 218 valence electrons. The molecule has 0 radical (unpaired) electrons. The standard InChI is InChI=1S/C32H41F3N2O3/c1-2-3-4-5-6-7-8-9-10-11-12-13-14-15-16-17-18-19-20-21-30(39)36-24-25-37-31(40)28-23-22-27(26-29(28)38)32(33,34)35/h3-4,6-7,9-10,12-13,15-16,18-19,22-23,26,38H,2,5,8,11,14,17,20-21,24-25H2,1H3,(H,36,39)(H,37,40)/b4-3-,7-6-,10-9-,13-12-,16-15-,19-18-. The lowest BCUT2D eigenvalue weighted by molar-refractivity contribution is -0.137. The number of amides is 2. The van der Waals surface area contributed by atoms with Crippen LogP contribution in [-0.4, -0.2) is 30.0 Å². The molecule has 0 saturated heterocycles. The molecule has 1 aromatic carbocycles. The Labute approximate surface area is 235 Å². The summed E-state index contributed by atoms with van der Waals surface area (Å²) in [5.41, 5.74) is -1.31. The van der Waals surface area contributed by atoms with E-state index in [4.69, 9.17) is 0 Å². The molecule has 40 heavy (non-hydrogen) atoms. The van der Waals surface area contributed by atoms with Gasteiger partial charge in [-0.2, -0.15) is 13.2 Å². The first kappa shape index (κ1) is 34.2. The summed E-state index contributed by atoms with van der Waals surface area (Å²) in [5, 5.41) is 14.8. The highest BCUT2D eigenvalue weighted by Gasteiger charge is 2.31. The Hall–Kier alpha value is -3.81. The summed E-state index contributed by atoms with van der Waals surface area (Å²) in [6.07, 6.45) is 27.3. The number of rotatable bonds is 18. The van der Waals surface area contributed by atoms with Crippen LogP contribution in [-0.2, 0) is 11.0 Å². The van der Waals surface area contributed by atoms with E-state index in [0.29, 0.717) is 18.9 Å². The molecule has 0 atom stereocenters. The van der Waals surface area contributed by atoms with Gasteiger partial charge in [-0.05, 0) is 63.1 Å². The molecule has 1 aromatic rings. The second kappa shape index (κ2) is 21.1. The average Bonchev–Trinajstić information content (AvgIpc) is 2.91. The lowest BCUT2D eigenvalue weighted by Gasteiger charge is -2.10. The third kappa shape index (κ3) is 16.9. The van der Waals surface area contributed by atoms with Crippen LogP contribution in [0.25, 0.3) is 0 Å². The monoisotopic (exact) mass is 558 g/mol. The first-order valence-corrected chi connectivity index (χ1v) is 13.6. The van der Waals surface area contributed by atoms with Gasteiger partial charge in [-0.1, -0.05) is 79.8 Å². The molecule has 0 heterocycles. The first-order chi connectivity index (χ1) is 19.3. The average molecular weight is 559 g/mol. The molecule has 0 bridgehead atoms. The molecular weight excluding hydrogens is 517 g/mol. The van der Waals surface area contributed by atoms with E-state index < -0.39 is 23.4 Å². The highest BCUT2D eigenvalue weighted by atomic mass is 19.4. The van der Waals surface area contributed by atoms with Gasteiger partial charge in [0.15, 0.2) is 0 Å². The summed E-state index contributed by atoms with van der Waals surface area (Å²) in [7, 11) is 0. The fourth-order valence-electron chi connectivity index (χ4n) is 3.32. The van der Waals surface area contributed by atoms with E-state index in [1.165, 1.54) is 0 Å². The lowest BCUT2D eigenvalue weighted by atomic mass is 10.1. The van der Waals surface area contributed by atoms with E-state index in [1.54, 1.807) is 0 Å². The molecule has 0 fully saturated rings. The van der Waals surface area contributed by atoms with Crippen molar-refractivity contribution >= 4 is 11.8 Å². The van der Waals surface area contributed by atoms with Crippen LogP contribution < -0.4 is 10.6 Å². The van der Waals surface area contributed by atoms with Gasteiger partial charge in [-0.3, -0.25) is 9.59 Å². The maximum absolute atomic E-state index is 12.6. The molecule has 0 aromatic heterocycles. The van der Waals surface area contributed by atoms with Gasteiger partial charge in [0, 0.05) is 19.5 Å². The normalized spacial score (nSPS) is 12.7. The van der Waals surface area contributed by atoms with Crippen LogP contribution in [0.1, 0.15) is 74.2 Å². The SMILES string of the molecule is CC/C=C\C/C=C\C/C=C\C/C=C\C/C=C\C/C=C\CCC(=O)NCCNC(=O)c1ccc(C(F)(F)F)cc1O. The molecule has 5 nitrogen and oxygen atoms in total. The van der Waals surface area contributed by atoms with E-state index in [1.807, 2.05) is 12.2 Å². The molecule has 0 aliphatic rings. The lowest BCUT2D eigenvalue weighted by Crippen LogP contribution is -2.34. The largest absolute Gasteiger partial charge is 0.507 e. The molecule has 0 aliphatic carbocycles. The number of carbonyl (C=O) groups is 2. The van der Waals surface area contributed by atoms with Crippen molar-refractivity contribution in [2.24, 2.45) is 0 Å². The maximum Gasteiger partial charge on any atom is 0.416 e. The van der Waals surface area contributed by atoms with Crippen LogP contribution in [0.2, 0.25) is 0 Å². The summed E-state index contributed by atoms with van der Waals surface area (Å²) < 4.78 is 37.9. The summed E-state index contributed by atoms with van der Waals surface area (Å²) in [6, 6.07) is 2.15. The molecule has 0 aliphatic heterocycles. The van der Waals surface area contributed by atoms with Crippen LogP contribution in [0.15, 0.2) is 91.1 Å². The molecular formula is C32H41F3N2O3. The van der Waals surface area contributed by atoms with Crippen molar-refractivity contribution in [3.8, 4) is 5.75 Å². The Morgan fingerprint density at radius 1 is 0.750 bits per heavy atom. The third-order valence-corrected chi connectivity index (χ3v) is 5.44. The Kier molecular flexibility index (Phi) is 18.0. The molecule has 0 saturated carbocycles. The molecule has 2 amide bonds. The van der Waals surface area contributed by atoms with Crippen molar-refractivity contribution in [3.05, 3.63) is 102 Å². The molecule has 3 N–H and O–H groups in total. The number of hydrogen-bond acceptors (Lipinski definition) is 3. The van der Waals surface area contributed by atoms with Gasteiger partial charge in [0.25, 0.3) is 5.91 Å². The summed E-state index contributed by atoms with van der Waals surface area (Å²) in [5.74, 6) is -1.66. The third-order valence-electron chi connectivity index (χ3n) is 5.44. The van der Waals surface area contributed by atoms with E-state index >= 15 is 0 Å². The van der Waals surface area contributed by atoms with E-state index in [2.05, 4.69) is 78.3 Å². The van der Waals surface area contributed by atoms with Gasteiger partial charge in [0.1, 0.15) is 5.75 Å². The number of hydrogen-bond donors (Lipinski definition) is 3. The van der Waals surface area contributed by atoms with Crippen LogP contribution in [0.4, 0.5) is 13.2 Å². The van der Waals surface area contributed by atoms with Gasteiger partial charge in [-0.25, -0.2) is 0 Å². The van der Waals surface area contributed by atoms with Crippen molar-refractivity contribution in [2.45, 2.75) is 64.5 Å². The van der Waals surface area contributed by atoms with Crippen LogP contribution >= 0.6 is 0 Å². The van der Waals surface area contributed by atoms with Crippen molar-refractivity contribution in [1.82, 2.24) is 10.6 Å². The number of allylic oxidation sites excluding steroid dienone is 12. The summed E-state index contributed by atoms with van der Waals surface area (Å²) >= 11 is 0. The topological polar surface area (TPSA) is 78.4 Å². The van der Waals surface area contributed by atoms with Crippen molar-refractivity contribution in [3.63, 3.8) is 0 Å². The number of aromatic hydroxyl groups is 1. The second-order valence-corrected chi connectivity index (χ2v) is 8.79. The van der Waals surface area contributed by atoms with Gasteiger partial charge < -0.3 is 15.7 Å². The number of phenols is 1. The summed E-state index contributed by atoms with van der Waals surface area (Å²) in [4.78, 5) is 23.9. The number of nitrogens with one attached hydrogen (secondary N) is 2. The van der Waals surface area contributed by atoms with Crippen LogP contribution in [0, 0.1) is 0 Å². The molecule has 0 spiro atoms. The summed E-state index contributed by atoms with van der Waals surface area (Å²) in [6.45, 7) is 2.37. The fraction of sp³-hybridized carbons (Fsp3) is 0.375. The van der Waals surface area contributed by atoms with Crippen molar-refractivity contribution in [1.29, 1.82) is 0 Å². The number of carbonyl (C=O) groups excluding carboxylic acids is 2. The Morgan fingerprint density at radius 3 is 1.70 bits per heavy atom. The number of benzene rings is 1. The fourth-order valence-corrected chi connectivity index (χ4v) is 3.32. The number of alkyl halides is 3. The highest BCUT2D eigenvalue weighted by Crippen LogP contribution is 2.32. The van der Waals surface area contributed by atoms with E-state index in [9.17, 15) is 27.9 Å². The van der Waals surface area contributed by atoms with Crippen LogP contribution in [0.5, 0.6) is 5.75 Å². The maximum atomic E-state index is 12.6. The van der Waals surface area contributed by atoms with Gasteiger partial charge in [-0.15, -0.1) is 0 Å². The minimum absolute atomic E-state index is 0.0744. The van der Waals surface area contributed by atoms with Crippen molar-refractivity contribution in [2.75, 3.05) is 13.1 Å². The minimum atomic E-state index is -4.61. The Balaban J connectivity index is 2.08. The highest BCUT2D eigenvalue weighted by molar-refractivity contribution is 5.96.